The molecule has 0 heterocycles. The van der Waals surface area contributed by atoms with Gasteiger partial charge in [-0.25, -0.2) is 0 Å². The van der Waals surface area contributed by atoms with Crippen LogP contribution in [0.15, 0.2) is 42.5 Å². The van der Waals surface area contributed by atoms with Crippen LogP contribution in [0.5, 0.6) is 11.5 Å². The average Bonchev–Trinajstić information content (AvgIpc) is 2.82. The van der Waals surface area contributed by atoms with E-state index in [0.29, 0.717) is 29.4 Å². The van der Waals surface area contributed by atoms with Crippen molar-refractivity contribution in [2.24, 2.45) is 5.92 Å². The van der Waals surface area contributed by atoms with Gasteiger partial charge in [-0.3, -0.25) is 0 Å². The third-order valence-electron chi connectivity index (χ3n) is 5.98. The molecule has 4 nitrogen and oxygen atoms in total. The smallest absolute Gasteiger partial charge is 0.461 e. The Kier molecular flexibility index (Phi) is 9.32. The fraction of sp³-hybridized carbons (Fsp3) is 0.520. The van der Waals surface area contributed by atoms with Crippen LogP contribution in [0, 0.1) is 5.92 Å². The summed E-state index contributed by atoms with van der Waals surface area (Å²) in [4.78, 5) is 0. The van der Waals surface area contributed by atoms with Gasteiger partial charge in [-0.15, -0.1) is 0 Å². The largest absolute Gasteiger partial charge is 0.493 e. The van der Waals surface area contributed by atoms with Gasteiger partial charge in [-0.2, -0.15) is 30.7 Å². The number of alkyl halides is 7. The molecule has 2 aromatic rings. The van der Waals surface area contributed by atoms with Crippen molar-refractivity contribution in [2.45, 2.75) is 63.3 Å². The predicted molar refractivity (Wildman–Crippen MR) is 120 cm³/mol. The molecule has 0 amide bonds. The first-order valence-corrected chi connectivity index (χ1v) is 11.6. The number of benzene rings is 2. The van der Waals surface area contributed by atoms with Crippen LogP contribution in [0.4, 0.5) is 36.4 Å². The van der Waals surface area contributed by atoms with Crippen LogP contribution in [0.25, 0.3) is 0 Å². The van der Waals surface area contributed by atoms with Crippen molar-refractivity contribution in [2.75, 3.05) is 18.5 Å². The fourth-order valence-corrected chi connectivity index (χ4v) is 4.06. The van der Waals surface area contributed by atoms with E-state index in [2.05, 4.69) is 10.1 Å². The van der Waals surface area contributed by atoms with E-state index in [0.717, 1.165) is 44.2 Å². The molecule has 0 bridgehead atoms. The molecule has 0 saturated heterocycles. The lowest BCUT2D eigenvalue weighted by Crippen LogP contribution is -2.35. The van der Waals surface area contributed by atoms with E-state index in [1.807, 2.05) is 0 Å². The molecule has 0 aliphatic heterocycles. The summed E-state index contributed by atoms with van der Waals surface area (Å²) in [6.07, 6.45) is -10.8. The van der Waals surface area contributed by atoms with Crippen LogP contribution in [0.2, 0.25) is 0 Å². The minimum absolute atomic E-state index is 0.0166. The van der Waals surface area contributed by atoms with Crippen molar-refractivity contribution >= 4 is 5.69 Å². The van der Waals surface area contributed by atoms with E-state index >= 15 is 0 Å². The summed E-state index contributed by atoms with van der Waals surface area (Å²) in [6, 6.07) is 9.89. The molecule has 1 aliphatic carbocycles. The SMILES string of the molecule is OC(CNc1cccc(OCC2CCCCC2)c1Cc1cccc(OC(F)(F)C(F)F)c1)C(F)(F)F. The topological polar surface area (TPSA) is 50.7 Å². The third kappa shape index (κ3) is 7.91. The van der Waals surface area contributed by atoms with Gasteiger partial charge < -0.3 is 19.9 Å². The van der Waals surface area contributed by atoms with Crippen LogP contribution in [-0.4, -0.2) is 43.1 Å². The number of rotatable bonds is 11. The molecule has 36 heavy (non-hydrogen) atoms. The molecule has 1 unspecified atom stereocenters. The Morgan fingerprint density at radius 2 is 1.67 bits per heavy atom. The summed E-state index contributed by atoms with van der Waals surface area (Å²) in [6.45, 7) is -0.405. The van der Waals surface area contributed by atoms with Crippen molar-refractivity contribution in [1.82, 2.24) is 0 Å². The van der Waals surface area contributed by atoms with Crippen LogP contribution in [0.1, 0.15) is 43.2 Å². The lowest BCUT2D eigenvalue weighted by atomic mass is 9.90. The van der Waals surface area contributed by atoms with E-state index < -0.39 is 37.1 Å². The maximum atomic E-state index is 13.4. The second kappa shape index (κ2) is 12.0. The van der Waals surface area contributed by atoms with Crippen LogP contribution < -0.4 is 14.8 Å². The number of hydrogen-bond donors (Lipinski definition) is 2. The highest BCUT2D eigenvalue weighted by molar-refractivity contribution is 5.59. The lowest BCUT2D eigenvalue weighted by Gasteiger charge is -2.24. The van der Waals surface area contributed by atoms with E-state index in [1.54, 1.807) is 18.2 Å². The number of nitrogens with one attached hydrogen (secondary N) is 1. The number of ether oxygens (including phenoxy) is 2. The second-order valence-electron chi connectivity index (χ2n) is 8.82. The third-order valence-corrected chi connectivity index (χ3v) is 5.98. The van der Waals surface area contributed by atoms with Crippen molar-refractivity contribution in [3.63, 3.8) is 0 Å². The molecule has 1 atom stereocenters. The first-order valence-electron chi connectivity index (χ1n) is 11.6. The maximum absolute atomic E-state index is 13.4. The second-order valence-corrected chi connectivity index (χ2v) is 8.82. The zero-order valence-corrected chi connectivity index (χ0v) is 19.3. The minimum atomic E-state index is -4.82. The number of aliphatic hydroxyl groups is 1. The highest BCUT2D eigenvalue weighted by Crippen LogP contribution is 2.34. The Bertz CT molecular complexity index is 978. The minimum Gasteiger partial charge on any atom is -0.493 e. The quantitative estimate of drug-likeness (QED) is 0.318. The zero-order chi connectivity index (χ0) is 26.3. The number of anilines is 1. The van der Waals surface area contributed by atoms with Gasteiger partial charge >= 0.3 is 18.7 Å². The Morgan fingerprint density at radius 1 is 0.972 bits per heavy atom. The molecule has 2 N–H and O–H groups in total. The first kappa shape index (κ1) is 27.9. The van der Waals surface area contributed by atoms with E-state index in [9.17, 15) is 35.8 Å². The van der Waals surface area contributed by atoms with Crippen molar-refractivity contribution < 1.29 is 45.3 Å². The van der Waals surface area contributed by atoms with Gasteiger partial charge in [0.15, 0.2) is 6.10 Å². The monoisotopic (exact) mass is 523 g/mol. The molecule has 1 saturated carbocycles. The van der Waals surface area contributed by atoms with Gasteiger partial charge in [0, 0.05) is 24.2 Å². The molecule has 3 rings (SSSR count). The Hall–Kier alpha value is -2.69. The highest BCUT2D eigenvalue weighted by Gasteiger charge is 2.44. The van der Waals surface area contributed by atoms with Gasteiger partial charge in [0.1, 0.15) is 11.5 Å². The molecule has 200 valence electrons. The molecular weight excluding hydrogens is 495 g/mol. The van der Waals surface area contributed by atoms with Crippen molar-refractivity contribution in [3.05, 3.63) is 53.6 Å². The number of aliphatic hydroxyl groups excluding tert-OH is 1. The van der Waals surface area contributed by atoms with E-state index in [-0.39, 0.29) is 12.1 Å². The lowest BCUT2D eigenvalue weighted by molar-refractivity contribution is -0.253. The fourth-order valence-electron chi connectivity index (χ4n) is 4.06. The summed E-state index contributed by atoms with van der Waals surface area (Å²) >= 11 is 0. The maximum Gasteiger partial charge on any atom is 0.461 e. The summed E-state index contributed by atoms with van der Waals surface area (Å²) in [5.41, 5.74) is 1.06. The van der Waals surface area contributed by atoms with Gasteiger partial charge in [0.2, 0.25) is 0 Å². The van der Waals surface area contributed by atoms with Crippen molar-refractivity contribution in [3.8, 4) is 11.5 Å². The van der Waals surface area contributed by atoms with Gasteiger partial charge in [0.25, 0.3) is 0 Å². The molecule has 0 aromatic heterocycles. The zero-order valence-electron chi connectivity index (χ0n) is 19.3. The summed E-state index contributed by atoms with van der Waals surface area (Å²) < 4.78 is 100. The summed E-state index contributed by atoms with van der Waals surface area (Å²) in [5.74, 6) is 0.236. The Morgan fingerprint density at radius 3 is 2.33 bits per heavy atom. The molecule has 0 radical (unpaired) electrons. The normalized spacial score (nSPS) is 16.1. The molecule has 2 aromatic carbocycles. The van der Waals surface area contributed by atoms with Gasteiger partial charge in [-0.05, 0) is 48.6 Å². The standard InChI is InChI=1S/C25H28F7NO3/c26-23(27)25(31,32)36-18-9-4-8-17(12-18)13-19-20(33-14-22(34)24(28,29)30)10-5-11-21(19)35-15-16-6-2-1-3-7-16/h4-5,8-12,16,22-23,33-34H,1-3,6-7,13-15H2. The van der Waals surface area contributed by atoms with Crippen molar-refractivity contribution in [1.29, 1.82) is 0 Å². The summed E-state index contributed by atoms with van der Waals surface area (Å²) in [7, 11) is 0. The molecular formula is C25H28F7NO3. The van der Waals surface area contributed by atoms with Crippen LogP contribution >= 0.6 is 0 Å². The van der Waals surface area contributed by atoms with Crippen LogP contribution in [-0.2, 0) is 6.42 Å². The molecule has 1 fully saturated rings. The van der Waals surface area contributed by atoms with Gasteiger partial charge in [-0.1, -0.05) is 37.5 Å². The molecule has 0 spiro atoms. The van der Waals surface area contributed by atoms with E-state index in [4.69, 9.17) is 4.74 Å². The predicted octanol–water partition coefficient (Wildman–Crippen LogP) is 6.81. The first-order chi connectivity index (χ1) is 17.0. The Balaban J connectivity index is 1.84. The number of hydrogen-bond acceptors (Lipinski definition) is 4. The average molecular weight is 523 g/mol. The summed E-state index contributed by atoms with van der Waals surface area (Å²) in [5, 5.41) is 12.0. The van der Waals surface area contributed by atoms with Crippen LogP contribution in [0.3, 0.4) is 0 Å². The Labute approximate surface area is 204 Å². The highest BCUT2D eigenvalue weighted by atomic mass is 19.4. The molecule has 11 heteroatoms. The molecule has 1 aliphatic rings. The number of halogens is 7. The van der Waals surface area contributed by atoms with E-state index in [1.165, 1.54) is 12.1 Å². The van der Waals surface area contributed by atoms with Gasteiger partial charge in [0.05, 0.1) is 6.61 Å².